The summed E-state index contributed by atoms with van der Waals surface area (Å²) < 4.78 is 5.49. The normalized spacial score (nSPS) is 20.9. The van der Waals surface area contributed by atoms with Crippen molar-refractivity contribution in [1.29, 1.82) is 0 Å². The van der Waals surface area contributed by atoms with Crippen molar-refractivity contribution in [2.75, 3.05) is 38.2 Å². The number of carbonyl (C=O) groups is 1. The van der Waals surface area contributed by atoms with E-state index < -0.39 is 0 Å². The fourth-order valence-corrected chi connectivity index (χ4v) is 4.45. The lowest BCUT2D eigenvalue weighted by molar-refractivity contribution is -0.122. The van der Waals surface area contributed by atoms with E-state index in [1.807, 2.05) is 24.3 Å². The van der Waals surface area contributed by atoms with Crippen molar-refractivity contribution in [1.82, 2.24) is 15.3 Å². The molecule has 7 heteroatoms. The van der Waals surface area contributed by atoms with E-state index in [2.05, 4.69) is 22.5 Å². The molecule has 0 spiro atoms. The number of nitrogens with zero attached hydrogens (tertiary/aromatic N) is 2. The fourth-order valence-electron chi connectivity index (χ4n) is 4.25. The Hall–Kier alpha value is -2.02. The van der Waals surface area contributed by atoms with Crippen LogP contribution in [0, 0.1) is 11.3 Å². The maximum Gasteiger partial charge on any atom is 0.143 e. The molecule has 2 saturated heterocycles. The van der Waals surface area contributed by atoms with E-state index in [-0.39, 0.29) is 17.1 Å². The summed E-state index contributed by atoms with van der Waals surface area (Å²) in [6.45, 7) is 6.53. The van der Waals surface area contributed by atoms with Gasteiger partial charge in [0.1, 0.15) is 11.6 Å². The second kappa shape index (κ2) is 10.1. The van der Waals surface area contributed by atoms with E-state index in [1.54, 1.807) is 6.20 Å². The molecule has 0 unspecified atom stereocenters. The van der Waals surface area contributed by atoms with Crippen molar-refractivity contribution in [3.05, 3.63) is 41.2 Å². The Morgan fingerprint density at radius 2 is 2.19 bits per heavy atom. The zero-order chi connectivity index (χ0) is 21.7. The van der Waals surface area contributed by atoms with Gasteiger partial charge in [0.2, 0.25) is 0 Å². The maximum absolute atomic E-state index is 12.7. The Labute approximate surface area is 189 Å². The van der Waals surface area contributed by atoms with Gasteiger partial charge in [0.15, 0.2) is 0 Å². The number of nitrogens with one attached hydrogen (secondary N) is 2. The lowest BCUT2D eigenvalue weighted by Crippen LogP contribution is -2.35. The van der Waals surface area contributed by atoms with Gasteiger partial charge in [-0.3, -0.25) is 9.78 Å². The standard InChI is InChI=1S/C24H31ClN4O2/c1-24(7-10-31-11-8-24)16-28-23-6-2-5-21(29-23)19-12-18(27-15-20(19)25)13-22(30)17-4-3-9-26-14-17/h2,5-6,12,15,17,26H,3-4,7-11,13-14,16H2,1H3,(H,28,29)/t17-/m1/s1. The Morgan fingerprint density at radius 3 is 2.97 bits per heavy atom. The first-order valence-corrected chi connectivity index (χ1v) is 11.6. The molecule has 0 saturated carbocycles. The molecule has 2 aromatic rings. The molecule has 2 aliphatic heterocycles. The first-order chi connectivity index (χ1) is 15.0. The summed E-state index contributed by atoms with van der Waals surface area (Å²) in [7, 11) is 0. The van der Waals surface area contributed by atoms with Crippen molar-refractivity contribution >= 4 is 23.2 Å². The second-order valence-corrected chi connectivity index (χ2v) is 9.43. The number of piperidine rings is 1. The molecular weight excluding hydrogens is 412 g/mol. The van der Waals surface area contributed by atoms with E-state index >= 15 is 0 Å². The molecule has 2 fully saturated rings. The van der Waals surface area contributed by atoms with Gasteiger partial charge in [-0.15, -0.1) is 0 Å². The Balaban J connectivity index is 1.46. The number of anilines is 1. The summed E-state index contributed by atoms with van der Waals surface area (Å²) in [5, 5.41) is 7.33. The summed E-state index contributed by atoms with van der Waals surface area (Å²) in [5.41, 5.74) is 2.54. The number of carbonyl (C=O) groups excluding carboxylic acids is 1. The van der Waals surface area contributed by atoms with E-state index in [9.17, 15) is 4.79 Å². The largest absolute Gasteiger partial charge is 0.381 e. The van der Waals surface area contributed by atoms with Crippen molar-refractivity contribution in [2.24, 2.45) is 11.3 Å². The molecule has 1 atom stereocenters. The topological polar surface area (TPSA) is 76.1 Å². The van der Waals surface area contributed by atoms with Crippen molar-refractivity contribution in [3.8, 4) is 11.3 Å². The van der Waals surface area contributed by atoms with Crippen molar-refractivity contribution in [2.45, 2.75) is 39.0 Å². The third kappa shape index (κ3) is 5.82. The highest BCUT2D eigenvalue weighted by Crippen LogP contribution is 2.31. The van der Waals surface area contributed by atoms with E-state index in [0.29, 0.717) is 11.4 Å². The maximum atomic E-state index is 12.7. The number of rotatable bonds is 7. The lowest BCUT2D eigenvalue weighted by Gasteiger charge is -2.33. The van der Waals surface area contributed by atoms with Crippen LogP contribution < -0.4 is 10.6 Å². The number of ether oxygens (including phenoxy) is 1. The van der Waals surface area contributed by atoms with E-state index in [1.165, 1.54) is 0 Å². The molecule has 2 N–H and O–H groups in total. The average molecular weight is 443 g/mol. The molecule has 166 valence electrons. The highest BCUT2D eigenvalue weighted by molar-refractivity contribution is 6.33. The molecule has 0 radical (unpaired) electrons. The third-order valence-corrected chi connectivity index (χ3v) is 6.74. The zero-order valence-electron chi connectivity index (χ0n) is 18.1. The first kappa shape index (κ1) is 22.2. The van der Waals surface area contributed by atoms with E-state index in [0.717, 1.165) is 81.3 Å². The van der Waals surface area contributed by atoms with Crippen LogP contribution >= 0.6 is 11.6 Å². The van der Waals surface area contributed by atoms with Gasteiger partial charge in [0.05, 0.1) is 10.7 Å². The highest BCUT2D eigenvalue weighted by atomic mass is 35.5. The van der Waals surface area contributed by atoms with Gasteiger partial charge in [0, 0.05) is 56.1 Å². The SMILES string of the molecule is CC1(CNc2cccc(-c3cc(CC(=O)[C@@H]4CCCNC4)ncc3Cl)n2)CCOCC1. The minimum Gasteiger partial charge on any atom is -0.381 e. The minimum atomic E-state index is 0.0758. The number of pyridine rings is 2. The van der Waals surface area contributed by atoms with E-state index in [4.69, 9.17) is 21.3 Å². The number of halogens is 1. The Bertz CT molecular complexity index is 908. The Morgan fingerprint density at radius 1 is 1.35 bits per heavy atom. The van der Waals surface area contributed by atoms with Gasteiger partial charge < -0.3 is 15.4 Å². The summed E-state index contributed by atoms with van der Waals surface area (Å²) >= 11 is 6.46. The number of hydrogen-bond donors (Lipinski definition) is 2. The Kier molecular flexibility index (Phi) is 7.20. The number of ketones is 1. The lowest BCUT2D eigenvalue weighted by atomic mass is 9.82. The van der Waals surface area contributed by atoms with Crippen LogP contribution in [0.25, 0.3) is 11.3 Å². The molecule has 6 nitrogen and oxygen atoms in total. The molecule has 2 aromatic heterocycles. The molecule has 4 heterocycles. The van der Waals surface area contributed by atoms with Crippen LogP contribution in [-0.4, -0.2) is 48.6 Å². The second-order valence-electron chi connectivity index (χ2n) is 9.03. The summed E-state index contributed by atoms with van der Waals surface area (Å²) in [6.07, 6.45) is 6.05. The fraction of sp³-hybridized carbons (Fsp3) is 0.542. The first-order valence-electron chi connectivity index (χ1n) is 11.2. The molecule has 31 heavy (non-hydrogen) atoms. The summed E-state index contributed by atoms with van der Waals surface area (Å²) in [6, 6.07) is 7.80. The summed E-state index contributed by atoms with van der Waals surface area (Å²) in [4.78, 5) is 21.9. The van der Waals surface area contributed by atoms with Gasteiger partial charge in [-0.2, -0.15) is 0 Å². The van der Waals surface area contributed by atoms with Crippen molar-refractivity contribution in [3.63, 3.8) is 0 Å². The number of hydrogen-bond acceptors (Lipinski definition) is 6. The van der Waals surface area contributed by atoms with Crippen LogP contribution in [0.2, 0.25) is 5.02 Å². The van der Waals surface area contributed by atoms with Crippen molar-refractivity contribution < 1.29 is 9.53 Å². The van der Waals surface area contributed by atoms with Gasteiger partial charge in [-0.1, -0.05) is 24.6 Å². The summed E-state index contributed by atoms with van der Waals surface area (Å²) in [5.74, 6) is 1.14. The highest BCUT2D eigenvalue weighted by Gasteiger charge is 2.27. The van der Waals surface area contributed by atoms with Gasteiger partial charge >= 0.3 is 0 Å². The van der Waals surface area contributed by atoms with Gasteiger partial charge in [-0.25, -0.2) is 4.98 Å². The van der Waals surface area contributed by atoms with Crippen LogP contribution in [0.1, 0.15) is 38.3 Å². The molecule has 4 rings (SSSR count). The van der Waals surface area contributed by atoms with Crippen LogP contribution in [0.4, 0.5) is 5.82 Å². The van der Waals surface area contributed by atoms with Crippen LogP contribution in [0.15, 0.2) is 30.5 Å². The molecule has 0 amide bonds. The van der Waals surface area contributed by atoms with Crippen LogP contribution in [0.5, 0.6) is 0 Å². The zero-order valence-corrected chi connectivity index (χ0v) is 18.9. The number of Topliss-reactive ketones (excluding diaryl/α,β-unsaturated/α-hetero) is 1. The molecular formula is C24H31ClN4O2. The van der Waals surface area contributed by atoms with Crippen LogP contribution in [0.3, 0.4) is 0 Å². The monoisotopic (exact) mass is 442 g/mol. The molecule has 0 aromatic carbocycles. The third-order valence-electron chi connectivity index (χ3n) is 6.44. The molecule has 0 aliphatic carbocycles. The predicted octanol–water partition coefficient (Wildman–Crippen LogP) is 4.14. The smallest absolute Gasteiger partial charge is 0.143 e. The van der Waals surface area contributed by atoms with Crippen LogP contribution in [-0.2, 0) is 16.0 Å². The van der Waals surface area contributed by atoms with Gasteiger partial charge in [-0.05, 0) is 55.8 Å². The number of aromatic nitrogens is 2. The molecule has 2 aliphatic rings. The average Bonchev–Trinajstić information content (AvgIpc) is 2.80. The molecule has 0 bridgehead atoms. The predicted molar refractivity (Wildman–Crippen MR) is 123 cm³/mol. The quantitative estimate of drug-likeness (QED) is 0.671. The minimum absolute atomic E-state index is 0.0758. The van der Waals surface area contributed by atoms with Gasteiger partial charge in [0.25, 0.3) is 0 Å².